The van der Waals surface area contributed by atoms with Gasteiger partial charge in [-0.05, 0) is 37.6 Å². The lowest BCUT2D eigenvalue weighted by atomic mass is 10.0. The average Bonchev–Trinajstić information content (AvgIpc) is 2.34. The minimum Gasteiger partial charge on any atom is -0.395 e. The minimum atomic E-state index is -0.418. The van der Waals surface area contributed by atoms with Crippen molar-refractivity contribution in [2.75, 3.05) is 13.2 Å². The van der Waals surface area contributed by atoms with E-state index >= 15 is 0 Å². The number of hydrogen-bond donors (Lipinski definition) is 1. The molecule has 0 unspecified atom stereocenters. The highest BCUT2D eigenvalue weighted by atomic mass is 19.1. The molecule has 2 nitrogen and oxygen atoms in total. The molecule has 0 spiro atoms. The fourth-order valence-electron chi connectivity index (χ4n) is 2.36. The van der Waals surface area contributed by atoms with Crippen molar-refractivity contribution in [3.63, 3.8) is 0 Å². The van der Waals surface area contributed by atoms with Crippen molar-refractivity contribution in [2.24, 2.45) is 0 Å². The van der Waals surface area contributed by atoms with Gasteiger partial charge in [0.25, 0.3) is 0 Å². The van der Waals surface area contributed by atoms with Crippen molar-refractivity contribution >= 4 is 0 Å². The van der Waals surface area contributed by atoms with Crippen LogP contribution in [0.15, 0.2) is 18.2 Å². The van der Waals surface area contributed by atoms with Crippen LogP contribution in [0.4, 0.5) is 8.78 Å². The van der Waals surface area contributed by atoms with Crippen LogP contribution < -0.4 is 0 Å². The molecule has 1 aliphatic rings. The first kappa shape index (κ1) is 12.5. The molecule has 1 heterocycles. The van der Waals surface area contributed by atoms with Crippen LogP contribution in [0.3, 0.4) is 0 Å². The quantitative estimate of drug-likeness (QED) is 0.877. The summed E-state index contributed by atoms with van der Waals surface area (Å²) in [6.45, 7) is 1.28. The zero-order valence-corrected chi connectivity index (χ0v) is 9.70. The second-order valence-corrected chi connectivity index (χ2v) is 4.54. The Morgan fingerprint density at radius 2 is 2.12 bits per heavy atom. The second kappa shape index (κ2) is 5.56. The lowest BCUT2D eigenvalue weighted by molar-refractivity contribution is 0.0831. The SMILES string of the molecule is OC[C@@H]1CCCCN1Cc1cc(F)ccc1F. The summed E-state index contributed by atoms with van der Waals surface area (Å²) in [7, 11) is 0. The molecule has 0 aliphatic carbocycles. The van der Waals surface area contributed by atoms with Crippen LogP contribution in [0, 0.1) is 11.6 Å². The van der Waals surface area contributed by atoms with E-state index in [-0.39, 0.29) is 18.5 Å². The molecule has 0 amide bonds. The Hall–Kier alpha value is -1.00. The first-order valence-corrected chi connectivity index (χ1v) is 5.99. The van der Waals surface area contributed by atoms with Crippen LogP contribution in [0.25, 0.3) is 0 Å². The number of nitrogens with zero attached hydrogens (tertiary/aromatic N) is 1. The first-order chi connectivity index (χ1) is 8.20. The van der Waals surface area contributed by atoms with E-state index in [1.165, 1.54) is 6.07 Å². The highest BCUT2D eigenvalue weighted by Crippen LogP contribution is 2.20. The van der Waals surface area contributed by atoms with Crippen LogP contribution in [-0.4, -0.2) is 29.2 Å². The summed E-state index contributed by atoms with van der Waals surface area (Å²) in [5.74, 6) is -0.798. The van der Waals surface area contributed by atoms with E-state index < -0.39 is 5.82 Å². The molecule has 0 bridgehead atoms. The summed E-state index contributed by atoms with van der Waals surface area (Å²) in [6, 6.07) is 3.59. The standard InChI is InChI=1S/C13H17F2NO/c14-11-4-5-13(15)10(7-11)8-16-6-2-1-3-12(16)9-17/h4-5,7,12,17H,1-3,6,8-9H2/t12-/m0/s1. The predicted molar refractivity (Wildman–Crippen MR) is 61.5 cm³/mol. The van der Waals surface area contributed by atoms with Gasteiger partial charge in [-0.2, -0.15) is 0 Å². The molecule has 94 valence electrons. The molecule has 17 heavy (non-hydrogen) atoms. The predicted octanol–water partition coefficient (Wildman–Crippen LogP) is 2.31. The van der Waals surface area contributed by atoms with E-state index in [2.05, 4.69) is 0 Å². The molecule has 1 saturated heterocycles. The second-order valence-electron chi connectivity index (χ2n) is 4.54. The average molecular weight is 241 g/mol. The number of piperidine rings is 1. The van der Waals surface area contributed by atoms with Crippen LogP contribution in [0.1, 0.15) is 24.8 Å². The Morgan fingerprint density at radius 3 is 2.88 bits per heavy atom. The first-order valence-electron chi connectivity index (χ1n) is 5.99. The van der Waals surface area contributed by atoms with Gasteiger partial charge < -0.3 is 5.11 Å². The number of aliphatic hydroxyl groups excluding tert-OH is 1. The smallest absolute Gasteiger partial charge is 0.127 e. The van der Waals surface area contributed by atoms with Crippen molar-refractivity contribution in [3.05, 3.63) is 35.4 Å². The lowest BCUT2D eigenvalue weighted by Gasteiger charge is -2.34. The Morgan fingerprint density at radius 1 is 1.29 bits per heavy atom. The molecular formula is C13H17F2NO. The molecule has 1 atom stereocenters. The van der Waals surface area contributed by atoms with E-state index in [0.29, 0.717) is 12.1 Å². The Balaban J connectivity index is 2.10. The maximum Gasteiger partial charge on any atom is 0.127 e. The van der Waals surface area contributed by atoms with Gasteiger partial charge in [0.15, 0.2) is 0 Å². The summed E-state index contributed by atoms with van der Waals surface area (Å²) in [5, 5.41) is 9.25. The summed E-state index contributed by atoms with van der Waals surface area (Å²) in [4.78, 5) is 2.03. The van der Waals surface area contributed by atoms with Crippen molar-refractivity contribution in [1.29, 1.82) is 0 Å². The molecule has 1 aliphatic heterocycles. The van der Waals surface area contributed by atoms with E-state index in [9.17, 15) is 13.9 Å². The number of halogens is 2. The summed E-state index contributed by atoms with van der Waals surface area (Å²) in [6.07, 6.45) is 3.06. The van der Waals surface area contributed by atoms with Crippen molar-refractivity contribution in [1.82, 2.24) is 4.90 Å². The fourth-order valence-corrected chi connectivity index (χ4v) is 2.36. The molecule has 1 fully saturated rings. The molecule has 0 aromatic heterocycles. The maximum absolute atomic E-state index is 13.5. The summed E-state index contributed by atoms with van der Waals surface area (Å²) in [5.41, 5.74) is 0.366. The van der Waals surface area contributed by atoms with Gasteiger partial charge in [0, 0.05) is 18.2 Å². The van der Waals surface area contributed by atoms with Crippen molar-refractivity contribution < 1.29 is 13.9 Å². The number of aliphatic hydroxyl groups is 1. The van der Waals surface area contributed by atoms with Gasteiger partial charge in [-0.1, -0.05) is 6.42 Å². The highest BCUT2D eigenvalue weighted by molar-refractivity contribution is 5.18. The van der Waals surface area contributed by atoms with Gasteiger partial charge in [0.1, 0.15) is 11.6 Å². The Labute approximate surface area is 99.9 Å². The molecule has 4 heteroatoms. The minimum absolute atomic E-state index is 0.0754. The fraction of sp³-hybridized carbons (Fsp3) is 0.538. The monoisotopic (exact) mass is 241 g/mol. The van der Waals surface area contributed by atoms with Gasteiger partial charge in [-0.15, -0.1) is 0 Å². The van der Waals surface area contributed by atoms with Crippen molar-refractivity contribution in [2.45, 2.75) is 31.8 Å². The van der Waals surface area contributed by atoms with E-state index in [1.54, 1.807) is 0 Å². The van der Waals surface area contributed by atoms with Gasteiger partial charge in [-0.3, -0.25) is 4.90 Å². The summed E-state index contributed by atoms with van der Waals surface area (Å²) < 4.78 is 26.5. The van der Waals surface area contributed by atoms with Gasteiger partial charge in [0.05, 0.1) is 6.61 Å². The normalized spacial score (nSPS) is 21.7. The van der Waals surface area contributed by atoms with E-state index in [0.717, 1.165) is 37.9 Å². The number of rotatable bonds is 3. The van der Waals surface area contributed by atoms with Crippen LogP contribution in [0.2, 0.25) is 0 Å². The maximum atomic E-state index is 13.5. The lowest BCUT2D eigenvalue weighted by Crippen LogP contribution is -2.41. The molecular weight excluding hydrogens is 224 g/mol. The largest absolute Gasteiger partial charge is 0.395 e. The molecule has 0 radical (unpaired) electrons. The molecule has 1 aromatic carbocycles. The number of benzene rings is 1. The third-order valence-electron chi connectivity index (χ3n) is 3.34. The molecule has 1 N–H and O–H groups in total. The molecule has 0 saturated carbocycles. The highest BCUT2D eigenvalue weighted by Gasteiger charge is 2.22. The van der Waals surface area contributed by atoms with Crippen LogP contribution in [0.5, 0.6) is 0 Å². The van der Waals surface area contributed by atoms with Crippen LogP contribution >= 0.6 is 0 Å². The Bertz CT molecular complexity index is 384. The number of likely N-dealkylation sites (tertiary alicyclic amines) is 1. The van der Waals surface area contributed by atoms with E-state index in [1.807, 2.05) is 4.90 Å². The van der Waals surface area contributed by atoms with Crippen LogP contribution in [-0.2, 0) is 6.54 Å². The zero-order chi connectivity index (χ0) is 12.3. The molecule has 1 aromatic rings. The number of hydrogen-bond acceptors (Lipinski definition) is 2. The third kappa shape index (κ3) is 3.01. The zero-order valence-electron chi connectivity index (χ0n) is 9.70. The topological polar surface area (TPSA) is 23.5 Å². The van der Waals surface area contributed by atoms with Gasteiger partial charge in [0.2, 0.25) is 0 Å². The third-order valence-corrected chi connectivity index (χ3v) is 3.34. The van der Waals surface area contributed by atoms with Crippen molar-refractivity contribution in [3.8, 4) is 0 Å². The van der Waals surface area contributed by atoms with E-state index in [4.69, 9.17) is 0 Å². The summed E-state index contributed by atoms with van der Waals surface area (Å²) >= 11 is 0. The van der Waals surface area contributed by atoms with Gasteiger partial charge in [-0.25, -0.2) is 8.78 Å². The van der Waals surface area contributed by atoms with Gasteiger partial charge >= 0.3 is 0 Å². The molecule has 2 rings (SSSR count). The Kier molecular flexibility index (Phi) is 4.07.